The lowest BCUT2D eigenvalue weighted by atomic mass is 10.0. The summed E-state index contributed by atoms with van der Waals surface area (Å²) < 4.78 is 5.11. The molecule has 0 aromatic carbocycles. The van der Waals surface area contributed by atoms with Gasteiger partial charge in [0, 0.05) is 0 Å². The summed E-state index contributed by atoms with van der Waals surface area (Å²) in [5, 5.41) is 13.9. The van der Waals surface area contributed by atoms with Crippen LogP contribution in [0, 0.1) is 0 Å². The number of carbonyl (C=O) groups excluding carboxylic acids is 1. The molecule has 0 bridgehead atoms. The number of rotatable bonds is 5. The van der Waals surface area contributed by atoms with Crippen LogP contribution in [0.3, 0.4) is 0 Å². The molecule has 6 nitrogen and oxygen atoms in total. The van der Waals surface area contributed by atoms with Gasteiger partial charge in [-0.25, -0.2) is 0 Å². The minimum absolute atomic E-state index is 0.0114. The molecule has 1 amide bonds. The maximum atomic E-state index is 11.4. The molecule has 0 saturated carbocycles. The molecule has 0 fully saturated rings. The first kappa shape index (κ1) is 13.7. The zero-order valence-electron chi connectivity index (χ0n) is 9.57. The van der Waals surface area contributed by atoms with Crippen LogP contribution in [-0.4, -0.2) is 35.2 Å². The lowest BCUT2D eigenvalue weighted by molar-refractivity contribution is -0.128. The van der Waals surface area contributed by atoms with Crippen LogP contribution in [0.15, 0.2) is 5.16 Å². The van der Waals surface area contributed by atoms with Crippen molar-refractivity contribution in [2.75, 3.05) is 6.61 Å². The van der Waals surface area contributed by atoms with Crippen molar-refractivity contribution in [1.29, 1.82) is 0 Å². The molecule has 0 heterocycles. The van der Waals surface area contributed by atoms with E-state index in [4.69, 9.17) is 15.7 Å². The van der Waals surface area contributed by atoms with E-state index in [-0.39, 0.29) is 24.5 Å². The van der Waals surface area contributed by atoms with Gasteiger partial charge in [-0.05, 0) is 27.7 Å². The highest BCUT2D eigenvalue weighted by Gasteiger charge is 2.25. The third kappa shape index (κ3) is 5.21. The van der Waals surface area contributed by atoms with E-state index in [2.05, 4.69) is 10.5 Å². The molecule has 0 aliphatic rings. The molecule has 6 heteroatoms. The van der Waals surface area contributed by atoms with Crippen molar-refractivity contribution in [2.45, 2.75) is 39.3 Å². The topological polar surface area (TPSA) is 96.9 Å². The van der Waals surface area contributed by atoms with Gasteiger partial charge in [-0.1, -0.05) is 5.16 Å². The summed E-state index contributed by atoms with van der Waals surface area (Å²) in [6.07, 6.45) is -0.0114. The Kier molecular flexibility index (Phi) is 5.07. The van der Waals surface area contributed by atoms with Gasteiger partial charge >= 0.3 is 0 Å². The molecule has 0 rings (SSSR count). The van der Waals surface area contributed by atoms with E-state index < -0.39 is 5.54 Å². The number of carbonyl (C=O) groups is 1. The fourth-order valence-corrected chi connectivity index (χ4v) is 0.816. The molecule has 0 aromatic heterocycles. The molecular weight excluding hydrogens is 198 g/mol. The first-order chi connectivity index (χ1) is 6.79. The molecule has 0 radical (unpaired) electrons. The average molecular weight is 217 g/mol. The van der Waals surface area contributed by atoms with Crippen molar-refractivity contribution in [3.8, 4) is 0 Å². The van der Waals surface area contributed by atoms with Crippen LogP contribution >= 0.6 is 0 Å². The average Bonchev–Trinajstić information content (AvgIpc) is 2.12. The van der Waals surface area contributed by atoms with Crippen LogP contribution in [0.5, 0.6) is 0 Å². The Labute approximate surface area is 89.5 Å². The number of nitrogens with two attached hydrogens (primary N) is 1. The van der Waals surface area contributed by atoms with Gasteiger partial charge in [0.1, 0.15) is 6.61 Å². The van der Waals surface area contributed by atoms with Crippen LogP contribution in [0.4, 0.5) is 0 Å². The summed E-state index contributed by atoms with van der Waals surface area (Å²) in [5.41, 5.74) is 4.52. The lowest BCUT2D eigenvalue weighted by Gasteiger charge is -2.24. The zero-order chi connectivity index (χ0) is 12.1. The Morgan fingerprint density at radius 2 is 2.13 bits per heavy atom. The largest absolute Gasteiger partial charge is 0.409 e. The van der Waals surface area contributed by atoms with Crippen molar-refractivity contribution in [2.24, 2.45) is 10.9 Å². The monoisotopic (exact) mass is 217 g/mol. The van der Waals surface area contributed by atoms with Gasteiger partial charge in [-0.2, -0.15) is 0 Å². The molecule has 0 aromatic rings. The van der Waals surface area contributed by atoms with Crippen molar-refractivity contribution in [3.63, 3.8) is 0 Å². The second-order valence-corrected chi connectivity index (χ2v) is 4.02. The van der Waals surface area contributed by atoms with Gasteiger partial charge < -0.3 is 21.0 Å². The maximum absolute atomic E-state index is 11.4. The molecule has 88 valence electrons. The first-order valence-electron chi connectivity index (χ1n) is 4.70. The molecular formula is C9H19N3O3. The summed E-state index contributed by atoms with van der Waals surface area (Å²) >= 11 is 0. The molecule has 0 unspecified atom stereocenters. The smallest absolute Gasteiger partial charge is 0.246 e. The normalized spacial score (nSPS) is 13.0. The van der Waals surface area contributed by atoms with E-state index in [0.717, 1.165) is 0 Å². The van der Waals surface area contributed by atoms with Crippen molar-refractivity contribution in [3.05, 3.63) is 0 Å². The standard InChI is InChI=1S/C9H19N3O3/c1-6(2)15-5-7(13)11-9(3,4)8(10)12-14/h6,14H,5H2,1-4H3,(H2,10,12)(H,11,13). The SMILES string of the molecule is CC(C)OCC(=O)NC(C)(C)C(N)=NO. The Morgan fingerprint density at radius 3 is 2.53 bits per heavy atom. The number of nitrogens with zero attached hydrogens (tertiary/aromatic N) is 1. The van der Waals surface area contributed by atoms with Gasteiger partial charge in [0.25, 0.3) is 0 Å². The second-order valence-electron chi connectivity index (χ2n) is 4.02. The van der Waals surface area contributed by atoms with Crippen LogP contribution in [0.2, 0.25) is 0 Å². The second kappa shape index (κ2) is 5.55. The fraction of sp³-hybridized carbons (Fsp3) is 0.778. The number of ether oxygens (including phenoxy) is 1. The van der Waals surface area contributed by atoms with Gasteiger partial charge in [-0.3, -0.25) is 4.79 Å². The third-order valence-electron chi connectivity index (χ3n) is 1.75. The highest BCUT2D eigenvalue weighted by Crippen LogP contribution is 2.01. The van der Waals surface area contributed by atoms with Crippen molar-refractivity contribution < 1.29 is 14.7 Å². The van der Waals surface area contributed by atoms with E-state index in [0.29, 0.717) is 0 Å². The molecule has 0 aliphatic heterocycles. The maximum Gasteiger partial charge on any atom is 0.246 e. The molecule has 0 aliphatic carbocycles. The van der Waals surface area contributed by atoms with E-state index in [1.54, 1.807) is 13.8 Å². The minimum atomic E-state index is -0.883. The quantitative estimate of drug-likeness (QED) is 0.262. The predicted octanol–water partition coefficient (Wildman–Crippen LogP) is 0.0526. The third-order valence-corrected chi connectivity index (χ3v) is 1.75. The number of hydrogen-bond acceptors (Lipinski definition) is 4. The number of amides is 1. The highest BCUT2D eigenvalue weighted by atomic mass is 16.5. The number of oxime groups is 1. The Balaban J connectivity index is 4.17. The van der Waals surface area contributed by atoms with E-state index in [1.807, 2.05) is 13.8 Å². The van der Waals surface area contributed by atoms with Gasteiger partial charge in [0.05, 0.1) is 11.6 Å². The number of hydrogen-bond donors (Lipinski definition) is 3. The Morgan fingerprint density at radius 1 is 1.60 bits per heavy atom. The van der Waals surface area contributed by atoms with Gasteiger partial charge in [-0.15, -0.1) is 0 Å². The number of nitrogens with one attached hydrogen (secondary N) is 1. The minimum Gasteiger partial charge on any atom is -0.409 e. The Bertz CT molecular complexity index is 249. The molecule has 0 saturated heterocycles. The summed E-state index contributed by atoms with van der Waals surface area (Å²) in [4.78, 5) is 11.4. The van der Waals surface area contributed by atoms with E-state index in [1.165, 1.54) is 0 Å². The Hall–Kier alpha value is -1.30. The summed E-state index contributed by atoms with van der Waals surface area (Å²) in [6, 6.07) is 0. The van der Waals surface area contributed by atoms with Crippen LogP contribution in [0.1, 0.15) is 27.7 Å². The van der Waals surface area contributed by atoms with E-state index >= 15 is 0 Å². The number of amidine groups is 1. The summed E-state index contributed by atoms with van der Waals surface area (Å²) in [6.45, 7) is 6.90. The molecule has 4 N–H and O–H groups in total. The fourth-order valence-electron chi connectivity index (χ4n) is 0.816. The van der Waals surface area contributed by atoms with Crippen molar-refractivity contribution in [1.82, 2.24) is 5.32 Å². The molecule has 0 atom stereocenters. The van der Waals surface area contributed by atoms with Crippen molar-refractivity contribution >= 4 is 11.7 Å². The summed E-state index contributed by atoms with van der Waals surface area (Å²) in [5.74, 6) is -0.360. The lowest BCUT2D eigenvalue weighted by Crippen LogP contribution is -2.54. The van der Waals surface area contributed by atoms with Crippen LogP contribution < -0.4 is 11.1 Å². The molecule has 15 heavy (non-hydrogen) atoms. The summed E-state index contributed by atoms with van der Waals surface area (Å²) in [7, 11) is 0. The highest BCUT2D eigenvalue weighted by molar-refractivity contribution is 5.93. The van der Waals surface area contributed by atoms with Crippen LogP contribution in [0.25, 0.3) is 0 Å². The first-order valence-corrected chi connectivity index (χ1v) is 4.70. The van der Waals surface area contributed by atoms with Gasteiger partial charge in [0.2, 0.25) is 5.91 Å². The predicted molar refractivity (Wildman–Crippen MR) is 56.7 cm³/mol. The van der Waals surface area contributed by atoms with E-state index in [9.17, 15) is 4.79 Å². The zero-order valence-corrected chi connectivity index (χ0v) is 9.57. The molecule has 0 spiro atoms. The van der Waals surface area contributed by atoms with Gasteiger partial charge in [0.15, 0.2) is 5.84 Å². The van der Waals surface area contributed by atoms with Crippen LogP contribution in [-0.2, 0) is 9.53 Å².